The molecule has 28 heavy (non-hydrogen) atoms. The maximum Gasteiger partial charge on any atom is 0.153 e. The van der Waals surface area contributed by atoms with Crippen LogP contribution in [-0.2, 0) is 0 Å². The van der Waals surface area contributed by atoms with E-state index in [2.05, 4.69) is 92.6 Å². The predicted molar refractivity (Wildman–Crippen MR) is 115 cm³/mol. The number of aromatic nitrogens is 2. The number of hydrogen-bond donors (Lipinski definition) is 1. The standard InChI is InChI=1S/C24H24N4/c1-3-7-20(8-4-1)23(21-9-5-2-6-10-21)27-15-17-28(18-16-27)24-22-19(11-13-25-22)12-14-26-24/h1-14,23,25H,15-18H2. The average molecular weight is 368 g/mol. The van der Waals surface area contributed by atoms with Crippen molar-refractivity contribution in [3.63, 3.8) is 0 Å². The molecule has 3 heterocycles. The monoisotopic (exact) mass is 368 g/mol. The van der Waals surface area contributed by atoms with Gasteiger partial charge in [-0.15, -0.1) is 0 Å². The van der Waals surface area contributed by atoms with Crippen molar-refractivity contribution in [2.75, 3.05) is 31.1 Å². The van der Waals surface area contributed by atoms with Crippen LogP contribution in [0.25, 0.3) is 10.9 Å². The number of aromatic amines is 1. The molecule has 4 aromatic rings. The highest BCUT2D eigenvalue weighted by atomic mass is 15.3. The smallest absolute Gasteiger partial charge is 0.153 e. The lowest BCUT2D eigenvalue weighted by Crippen LogP contribution is -2.48. The van der Waals surface area contributed by atoms with E-state index in [0.29, 0.717) is 6.04 Å². The molecule has 0 atom stereocenters. The van der Waals surface area contributed by atoms with Crippen molar-refractivity contribution < 1.29 is 0 Å². The maximum absolute atomic E-state index is 4.67. The molecule has 1 aliphatic rings. The Morgan fingerprint density at radius 1 is 0.750 bits per heavy atom. The third-order valence-electron chi connectivity index (χ3n) is 5.66. The van der Waals surface area contributed by atoms with E-state index in [1.54, 1.807) is 0 Å². The first kappa shape index (κ1) is 17.0. The highest BCUT2D eigenvalue weighted by molar-refractivity contribution is 5.89. The molecule has 140 valence electrons. The van der Waals surface area contributed by atoms with E-state index in [4.69, 9.17) is 0 Å². The molecule has 0 saturated carbocycles. The number of nitrogens with zero attached hydrogens (tertiary/aromatic N) is 3. The highest BCUT2D eigenvalue weighted by Gasteiger charge is 2.27. The molecule has 1 saturated heterocycles. The second-order valence-corrected chi connectivity index (χ2v) is 7.32. The van der Waals surface area contributed by atoms with E-state index < -0.39 is 0 Å². The van der Waals surface area contributed by atoms with Crippen LogP contribution in [0.5, 0.6) is 0 Å². The van der Waals surface area contributed by atoms with Gasteiger partial charge >= 0.3 is 0 Å². The van der Waals surface area contributed by atoms with Crippen LogP contribution in [0.4, 0.5) is 5.82 Å². The van der Waals surface area contributed by atoms with Gasteiger partial charge in [0.15, 0.2) is 5.82 Å². The summed E-state index contributed by atoms with van der Waals surface area (Å²) in [6.45, 7) is 3.96. The molecular formula is C24H24N4. The van der Waals surface area contributed by atoms with Crippen LogP contribution in [0.15, 0.2) is 85.2 Å². The second kappa shape index (κ2) is 7.49. The molecule has 1 fully saturated rings. The number of rotatable bonds is 4. The zero-order valence-electron chi connectivity index (χ0n) is 15.8. The molecule has 4 nitrogen and oxygen atoms in total. The summed E-state index contributed by atoms with van der Waals surface area (Å²) in [7, 11) is 0. The first-order chi connectivity index (χ1) is 13.9. The van der Waals surface area contributed by atoms with E-state index in [0.717, 1.165) is 37.5 Å². The van der Waals surface area contributed by atoms with Gasteiger partial charge in [0.05, 0.1) is 11.6 Å². The molecule has 0 amide bonds. The Morgan fingerprint density at radius 3 is 2.04 bits per heavy atom. The molecule has 1 N–H and O–H groups in total. The zero-order chi connectivity index (χ0) is 18.8. The third kappa shape index (κ3) is 3.16. The lowest BCUT2D eigenvalue weighted by atomic mass is 9.96. The van der Waals surface area contributed by atoms with Crippen molar-refractivity contribution in [1.29, 1.82) is 0 Å². The topological polar surface area (TPSA) is 35.2 Å². The van der Waals surface area contributed by atoms with Crippen LogP contribution in [-0.4, -0.2) is 41.0 Å². The van der Waals surface area contributed by atoms with E-state index >= 15 is 0 Å². The van der Waals surface area contributed by atoms with Crippen molar-refractivity contribution in [3.05, 3.63) is 96.3 Å². The number of nitrogens with one attached hydrogen (secondary N) is 1. The van der Waals surface area contributed by atoms with E-state index in [1.807, 2.05) is 12.4 Å². The highest BCUT2D eigenvalue weighted by Crippen LogP contribution is 2.31. The second-order valence-electron chi connectivity index (χ2n) is 7.32. The van der Waals surface area contributed by atoms with Crippen molar-refractivity contribution in [2.45, 2.75) is 6.04 Å². The largest absolute Gasteiger partial charge is 0.358 e. The minimum Gasteiger partial charge on any atom is -0.358 e. The fourth-order valence-electron chi connectivity index (χ4n) is 4.28. The number of anilines is 1. The molecule has 0 unspecified atom stereocenters. The lowest BCUT2D eigenvalue weighted by Gasteiger charge is -2.40. The quantitative estimate of drug-likeness (QED) is 0.577. The Labute approximate surface area is 165 Å². The van der Waals surface area contributed by atoms with Crippen LogP contribution >= 0.6 is 0 Å². The average Bonchev–Trinajstić information content (AvgIpc) is 3.25. The van der Waals surface area contributed by atoms with Gasteiger partial charge in [-0.2, -0.15) is 0 Å². The maximum atomic E-state index is 4.67. The minimum absolute atomic E-state index is 0.291. The number of pyridine rings is 1. The van der Waals surface area contributed by atoms with Crippen molar-refractivity contribution in [3.8, 4) is 0 Å². The molecule has 5 rings (SSSR count). The molecule has 0 aliphatic carbocycles. The van der Waals surface area contributed by atoms with Gasteiger partial charge in [-0.3, -0.25) is 4.90 Å². The van der Waals surface area contributed by atoms with Gasteiger partial charge in [-0.05, 0) is 23.3 Å². The molecular weight excluding hydrogens is 344 g/mol. The van der Waals surface area contributed by atoms with Crippen LogP contribution < -0.4 is 4.90 Å². The third-order valence-corrected chi connectivity index (χ3v) is 5.66. The Bertz CT molecular complexity index is 994. The molecule has 0 spiro atoms. The van der Waals surface area contributed by atoms with Gasteiger partial charge in [0, 0.05) is 44.0 Å². The zero-order valence-corrected chi connectivity index (χ0v) is 15.8. The number of hydrogen-bond acceptors (Lipinski definition) is 3. The predicted octanol–water partition coefficient (Wildman–Crippen LogP) is 4.47. The molecule has 0 bridgehead atoms. The van der Waals surface area contributed by atoms with Crippen molar-refractivity contribution >= 4 is 16.7 Å². The van der Waals surface area contributed by atoms with Gasteiger partial charge < -0.3 is 9.88 Å². The van der Waals surface area contributed by atoms with E-state index in [-0.39, 0.29) is 0 Å². The summed E-state index contributed by atoms with van der Waals surface area (Å²) in [4.78, 5) is 13.0. The normalized spacial score (nSPS) is 15.4. The Morgan fingerprint density at radius 2 is 1.39 bits per heavy atom. The van der Waals surface area contributed by atoms with Crippen LogP contribution in [0.2, 0.25) is 0 Å². The number of H-pyrrole nitrogens is 1. The van der Waals surface area contributed by atoms with Gasteiger partial charge in [-0.25, -0.2) is 4.98 Å². The summed E-state index contributed by atoms with van der Waals surface area (Å²) >= 11 is 0. The van der Waals surface area contributed by atoms with Crippen LogP contribution in [0.1, 0.15) is 17.2 Å². The molecule has 2 aromatic heterocycles. The first-order valence-electron chi connectivity index (χ1n) is 9.91. The van der Waals surface area contributed by atoms with E-state index in [1.165, 1.54) is 16.5 Å². The lowest BCUT2D eigenvalue weighted by molar-refractivity contribution is 0.212. The van der Waals surface area contributed by atoms with Crippen molar-refractivity contribution in [2.24, 2.45) is 0 Å². The summed E-state index contributed by atoms with van der Waals surface area (Å²) in [5, 5.41) is 1.22. The number of benzene rings is 2. The van der Waals surface area contributed by atoms with Crippen molar-refractivity contribution in [1.82, 2.24) is 14.9 Å². The van der Waals surface area contributed by atoms with E-state index in [9.17, 15) is 0 Å². The summed E-state index contributed by atoms with van der Waals surface area (Å²) in [6, 6.07) is 26.2. The molecule has 2 aromatic carbocycles. The summed E-state index contributed by atoms with van der Waals surface area (Å²) in [5.41, 5.74) is 3.84. The number of fused-ring (bicyclic) bond motifs is 1. The Balaban J connectivity index is 1.40. The van der Waals surface area contributed by atoms with Crippen LogP contribution in [0, 0.1) is 0 Å². The summed E-state index contributed by atoms with van der Waals surface area (Å²) < 4.78 is 0. The summed E-state index contributed by atoms with van der Waals surface area (Å²) in [6.07, 6.45) is 3.90. The molecule has 4 heteroatoms. The number of piperazine rings is 1. The van der Waals surface area contributed by atoms with Gasteiger partial charge in [0.25, 0.3) is 0 Å². The minimum atomic E-state index is 0.291. The van der Waals surface area contributed by atoms with Crippen LogP contribution in [0.3, 0.4) is 0 Å². The fraction of sp³-hybridized carbons (Fsp3) is 0.208. The Hall–Kier alpha value is -3.11. The van der Waals surface area contributed by atoms with Gasteiger partial charge in [-0.1, -0.05) is 60.7 Å². The first-order valence-corrected chi connectivity index (χ1v) is 9.91. The molecule has 0 radical (unpaired) electrons. The Kier molecular flexibility index (Phi) is 4.55. The van der Waals surface area contributed by atoms with Gasteiger partial charge in [0.1, 0.15) is 0 Å². The summed E-state index contributed by atoms with van der Waals surface area (Å²) in [5.74, 6) is 1.07. The fourth-order valence-corrected chi connectivity index (χ4v) is 4.28. The SMILES string of the molecule is c1ccc(C(c2ccccc2)N2CCN(c3nccc4cc[nH]c34)CC2)cc1. The van der Waals surface area contributed by atoms with Gasteiger partial charge in [0.2, 0.25) is 0 Å². The molecule has 1 aliphatic heterocycles.